The molecule has 1 aliphatic rings. The number of hydrogen-bond acceptors (Lipinski definition) is 2. The number of alkyl carbamates (subject to hydrolysis) is 1. The fourth-order valence-corrected chi connectivity index (χ4v) is 4.11. The minimum absolute atomic E-state index is 0.0616. The minimum Gasteiger partial charge on any atom is -0.445 e. The van der Waals surface area contributed by atoms with Crippen molar-refractivity contribution in [2.75, 3.05) is 0 Å². The molecule has 0 bridgehead atoms. The molecule has 1 aliphatic carbocycles. The van der Waals surface area contributed by atoms with Gasteiger partial charge in [0.05, 0.1) is 6.04 Å². The van der Waals surface area contributed by atoms with Gasteiger partial charge in [0, 0.05) is 4.47 Å². The van der Waals surface area contributed by atoms with Crippen LogP contribution in [0.3, 0.4) is 0 Å². The number of rotatable bonds is 6. The average Bonchev–Trinajstić information content (AvgIpc) is 3.53. The van der Waals surface area contributed by atoms with Crippen LogP contribution >= 0.6 is 15.9 Å². The van der Waals surface area contributed by atoms with Crippen LogP contribution in [0.1, 0.15) is 35.1 Å². The first-order valence-electron chi connectivity index (χ1n) is 9.48. The molecule has 1 fully saturated rings. The molecule has 0 aliphatic heterocycles. The molecule has 0 radical (unpaired) electrons. The molecule has 1 saturated carbocycles. The molecule has 1 amide bonds. The van der Waals surface area contributed by atoms with Gasteiger partial charge in [0.25, 0.3) is 0 Å². The summed E-state index contributed by atoms with van der Waals surface area (Å²) < 4.78 is 6.55. The monoisotopic (exact) mass is 435 g/mol. The highest BCUT2D eigenvalue weighted by Gasteiger charge is 2.45. The van der Waals surface area contributed by atoms with Crippen LogP contribution in [-0.4, -0.2) is 6.09 Å². The molecule has 4 heteroatoms. The quantitative estimate of drug-likeness (QED) is 0.498. The van der Waals surface area contributed by atoms with Gasteiger partial charge in [0.1, 0.15) is 6.61 Å². The summed E-state index contributed by atoms with van der Waals surface area (Å²) in [6, 6.07) is 28.2. The third-order valence-corrected chi connectivity index (χ3v) is 5.68. The van der Waals surface area contributed by atoms with E-state index in [1.54, 1.807) is 0 Å². The van der Waals surface area contributed by atoms with E-state index in [1.807, 2.05) is 54.6 Å². The summed E-state index contributed by atoms with van der Waals surface area (Å²) >= 11 is 3.55. The predicted octanol–water partition coefficient (Wildman–Crippen LogP) is 6.22. The molecule has 3 aromatic carbocycles. The highest BCUT2D eigenvalue weighted by atomic mass is 79.9. The van der Waals surface area contributed by atoms with E-state index in [4.69, 9.17) is 4.74 Å². The van der Waals surface area contributed by atoms with Gasteiger partial charge in [0.15, 0.2) is 0 Å². The Kier molecular flexibility index (Phi) is 5.77. The second-order valence-corrected chi connectivity index (χ2v) is 8.07. The van der Waals surface area contributed by atoms with Crippen LogP contribution < -0.4 is 5.32 Å². The smallest absolute Gasteiger partial charge is 0.407 e. The van der Waals surface area contributed by atoms with Gasteiger partial charge in [-0.1, -0.05) is 88.7 Å². The van der Waals surface area contributed by atoms with Crippen LogP contribution in [0.2, 0.25) is 0 Å². The van der Waals surface area contributed by atoms with Crippen LogP contribution in [0.25, 0.3) is 0 Å². The standard InChI is InChI=1S/C24H22BrNO2/c25-20-13-7-12-19(14-20)21-15-22(21)23(18-10-5-2-6-11-18)26-24(27)28-16-17-8-3-1-4-9-17/h1-14,21-23H,15-16H2,(H,26,27). The highest BCUT2D eigenvalue weighted by molar-refractivity contribution is 9.10. The Morgan fingerprint density at radius 1 is 1.00 bits per heavy atom. The second-order valence-electron chi connectivity index (χ2n) is 7.16. The van der Waals surface area contributed by atoms with Gasteiger partial charge < -0.3 is 10.1 Å². The van der Waals surface area contributed by atoms with Crippen molar-refractivity contribution in [2.45, 2.75) is 25.0 Å². The van der Waals surface area contributed by atoms with E-state index >= 15 is 0 Å². The van der Waals surface area contributed by atoms with Crippen molar-refractivity contribution in [1.82, 2.24) is 5.32 Å². The van der Waals surface area contributed by atoms with Gasteiger partial charge in [-0.15, -0.1) is 0 Å². The van der Waals surface area contributed by atoms with Crippen LogP contribution in [0.15, 0.2) is 89.4 Å². The number of nitrogens with one attached hydrogen (secondary N) is 1. The minimum atomic E-state index is -0.377. The van der Waals surface area contributed by atoms with Crippen molar-refractivity contribution < 1.29 is 9.53 Å². The van der Waals surface area contributed by atoms with E-state index in [2.05, 4.69) is 51.6 Å². The molecular formula is C24H22BrNO2. The first kappa shape index (κ1) is 18.8. The average molecular weight is 436 g/mol. The van der Waals surface area contributed by atoms with Gasteiger partial charge in [-0.2, -0.15) is 0 Å². The largest absolute Gasteiger partial charge is 0.445 e. The summed E-state index contributed by atoms with van der Waals surface area (Å²) in [5, 5.41) is 3.11. The van der Waals surface area contributed by atoms with Gasteiger partial charge in [-0.25, -0.2) is 4.79 Å². The zero-order valence-electron chi connectivity index (χ0n) is 15.4. The molecular weight excluding hydrogens is 414 g/mol. The van der Waals surface area contributed by atoms with Crippen LogP contribution in [-0.2, 0) is 11.3 Å². The Balaban J connectivity index is 1.45. The molecule has 3 nitrogen and oxygen atoms in total. The van der Waals surface area contributed by atoms with E-state index in [0.29, 0.717) is 11.8 Å². The maximum Gasteiger partial charge on any atom is 0.407 e. The van der Waals surface area contributed by atoms with Crippen LogP contribution in [0, 0.1) is 5.92 Å². The predicted molar refractivity (Wildman–Crippen MR) is 114 cm³/mol. The fraction of sp³-hybridized carbons (Fsp3) is 0.208. The van der Waals surface area contributed by atoms with E-state index in [-0.39, 0.29) is 18.7 Å². The van der Waals surface area contributed by atoms with Crippen molar-refractivity contribution >= 4 is 22.0 Å². The Bertz CT molecular complexity index is 930. The molecule has 0 aromatic heterocycles. The number of carbonyl (C=O) groups excluding carboxylic acids is 1. The SMILES string of the molecule is O=C(NC(c1ccccc1)C1CC1c1cccc(Br)c1)OCc1ccccc1. The molecule has 28 heavy (non-hydrogen) atoms. The van der Waals surface area contributed by atoms with Crippen molar-refractivity contribution in [2.24, 2.45) is 5.92 Å². The van der Waals surface area contributed by atoms with Gasteiger partial charge in [0.2, 0.25) is 0 Å². The molecule has 0 heterocycles. The molecule has 3 atom stereocenters. The Hall–Kier alpha value is -2.59. The van der Waals surface area contributed by atoms with Crippen molar-refractivity contribution in [3.8, 4) is 0 Å². The van der Waals surface area contributed by atoms with Crippen LogP contribution in [0.4, 0.5) is 4.79 Å². The first-order chi connectivity index (χ1) is 13.7. The maximum atomic E-state index is 12.5. The lowest BCUT2D eigenvalue weighted by Gasteiger charge is -2.19. The third kappa shape index (κ3) is 4.63. The van der Waals surface area contributed by atoms with Crippen molar-refractivity contribution in [3.05, 3.63) is 106 Å². The van der Waals surface area contributed by atoms with Gasteiger partial charge in [-0.3, -0.25) is 0 Å². The lowest BCUT2D eigenvalue weighted by molar-refractivity contribution is 0.134. The molecule has 142 valence electrons. The van der Waals surface area contributed by atoms with Crippen molar-refractivity contribution in [1.29, 1.82) is 0 Å². The zero-order chi connectivity index (χ0) is 19.3. The normalized spacial score (nSPS) is 18.9. The lowest BCUT2D eigenvalue weighted by Crippen LogP contribution is -2.30. The molecule has 0 saturated heterocycles. The Morgan fingerprint density at radius 2 is 1.71 bits per heavy atom. The maximum absolute atomic E-state index is 12.5. The molecule has 0 spiro atoms. The van der Waals surface area contributed by atoms with E-state index in [0.717, 1.165) is 22.0 Å². The zero-order valence-corrected chi connectivity index (χ0v) is 17.0. The first-order valence-corrected chi connectivity index (χ1v) is 10.3. The Labute approximate surface area is 173 Å². The number of benzene rings is 3. The summed E-state index contributed by atoms with van der Waals surface area (Å²) in [5.41, 5.74) is 3.40. The van der Waals surface area contributed by atoms with Crippen molar-refractivity contribution in [3.63, 3.8) is 0 Å². The molecule has 4 rings (SSSR count). The van der Waals surface area contributed by atoms with E-state index < -0.39 is 0 Å². The number of ether oxygens (including phenoxy) is 1. The second kappa shape index (κ2) is 8.61. The molecule has 3 aromatic rings. The third-order valence-electron chi connectivity index (χ3n) is 5.19. The number of halogens is 1. The number of amides is 1. The molecule has 3 unspecified atom stereocenters. The summed E-state index contributed by atoms with van der Waals surface area (Å²) in [6.45, 7) is 0.272. The summed E-state index contributed by atoms with van der Waals surface area (Å²) in [5.74, 6) is 0.804. The summed E-state index contributed by atoms with van der Waals surface area (Å²) in [6.07, 6.45) is 0.673. The van der Waals surface area contributed by atoms with Gasteiger partial charge in [-0.05, 0) is 47.1 Å². The topological polar surface area (TPSA) is 38.3 Å². The van der Waals surface area contributed by atoms with E-state index in [1.165, 1.54) is 5.56 Å². The molecule has 1 N–H and O–H groups in total. The highest BCUT2D eigenvalue weighted by Crippen LogP contribution is 2.54. The Morgan fingerprint density at radius 3 is 2.43 bits per heavy atom. The number of carbonyl (C=O) groups is 1. The van der Waals surface area contributed by atoms with Gasteiger partial charge >= 0.3 is 6.09 Å². The number of hydrogen-bond donors (Lipinski definition) is 1. The summed E-state index contributed by atoms with van der Waals surface area (Å²) in [7, 11) is 0. The van der Waals surface area contributed by atoms with E-state index in [9.17, 15) is 4.79 Å². The van der Waals surface area contributed by atoms with Crippen LogP contribution in [0.5, 0.6) is 0 Å². The fourth-order valence-electron chi connectivity index (χ4n) is 3.69. The summed E-state index contributed by atoms with van der Waals surface area (Å²) in [4.78, 5) is 12.5. The lowest BCUT2D eigenvalue weighted by atomic mass is 9.99.